The van der Waals surface area contributed by atoms with E-state index in [1.807, 2.05) is 0 Å². The van der Waals surface area contributed by atoms with Crippen LogP contribution >= 0.6 is 11.6 Å². The third-order valence-corrected chi connectivity index (χ3v) is 3.31. The highest BCUT2D eigenvalue weighted by Crippen LogP contribution is 2.23. The Hall–Kier alpha value is -2.94. The number of nitrogens with two attached hydrogens (primary N) is 1. The Balaban J connectivity index is 2.22. The van der Waals surface area contributed by atoms with Gasteiger partial charge in [0.1, 0.15) is 11.6 Å². The molecule has 0 saturated heterocycles. The van der Waals surface area contributed by atoms with Gasteiger partial charge in [0.15, 0.2) is 0 Å². The number of nitrogen functional groups attached to an aromatic ring is 1. The Labute approximate surface area is 127 Å². The molecular weight excluding hydrogens is 312 g/mol. The minimum Gasteiger partial charge on any atom is -0.480 e. The van der Waals surface area contributed by atoms with Crippen molar-refractivity contribution in [3.05, 3.63) is 50.9 Å². The summed E-state index contributed by atoms with van der Waals surface area (Å²) >= 11 is 5.79. The first-order valence-electron chi connectivity index (χ1n) is 6.06. The zero-order chi connectivity index (χ0) is 15.9. The van der Waals surface area contributed by atoms with Crippen LogP contribution in [0.3, 0.4) is 0 Å². The number of halogens is 1. The molecule has 3 aromatic rings. The van der Waals surface area contributed by atoms with Crippen LogP contribution in [0.4, 0.5) is 5.95 Å². The van der Waals surface area contributed by atoms with Gasteiger partial charge in [0.05, 0.1) is 0 Å². The molecule has 0 fully saturated rings. The molecule has 22 heavy (non-hydrogen) atoms. The molecule has 0 aliphatic carbocycles. The van der Waals surface area contributed by atoms with E-state index >= 15 is 0 Å². The summed E-state index contributed by atoms with van der Waals surface area (Å²) in [7, 11) is 0. The molecule has 4 N–H and O–H groups in total. The number of fused-ring (bicyclic) bond motifs is 1. The summed E-state index contributed by atoms with van der Waals surface area (Å²) < 4.78 is 1.07. The van der Waals surface area contributed by atoms with E-state index in [4.69, 9.17) is 17.3 Å². The van der Waals surface area contributed by atoms with Gasteiger partial charge in [-0.1, -0.05) is 23.7 Å². The van der Waals surface area contributed by atoms with Gasteiger partial charge in [-0.3, -0.25) is 14.6 Å². The Kier molecular flexibility index (Phi) is 3.26. The van der Waals surface area contributed by atoms with Crippen molar-refractivity contribution in [1.29, 1.82) is 0 Å². The molecule has 3 rings (SSSR count). The second kappa shape index (κ2) is 5.11. The molecule has 1 unspecified atom stereocenters. The van der Waals surface area contributed by atoms with Crippen LogP contribution in [0.5, 0.6) is 0 Å². The molecule has 0 amide bonds. The number of anilines is 1. The van der Waals surface area contributed by atoms with Gasteiger partial charge < -0.3 is 10.8 Å². The molecule has 0 saturated carbocycles. The van der Waals surface area contributed by atoms with E-state index in [0.717, 1.165) is 4.52 Å². The number of rotatable bonds is 3. The van der Waals surface area contributed by atoms with Crippen molar-refractivity contribution < 1.29 is 9.90 Å². The predicted octanol–water partition coefficient (Wildman–Crippen LogP) is 0.265. The van der Waals surface area contributed by atoms with E-state index in [9.17, 15) is 14.7 Å². The number of carboxylic acid groups (broad SMARTS) is 1. The van der Waals surface area contributed by atoms with Crippen LogP contribution in [-0.2, 0) is 4.79 Å². The number of nitrogens with one attached hydrogen (secondary N) is 1. The predicted molar refractivity (Wildman–Crippen MR) is 76.7 cm³/mol. The first-order chi connectivity index (χ1) is 10.5. The number of aliphatic carboxylic acids is 1. The fourth-order valence-corrected chi connectivity index (χ4v) is 2.17. The Bertz CT molecular complexity index is 917. The summed E-state index contributed by atoms with van der Waals surface area (Å²) in [6.45, 7) is 0. The van der Waals surface area contributed by atoms with E-state index in [-0.39, 0.29) is 17.4 Å². The normalized spacial score (nSPS) is 12.4. The number of aromatic nitrogens is 5. The van der Waals surface area contributed by atoms with Crippen molar-refractivity contribution in [2.24, 2.45) is 0 Å². The lowest BCUT2D eigenvalue weighted by Crippen LogP contribution is -2.27. The second-order valence-corrected chi connectivity index (χ2v) is 4.89. The molecule has 0 aliphatic rings. The minimum atomic E-state index is -1.27. The lowest BCUT2D eigenvalue weighted by Gasteiger charge is -2.11. The third kappa shape index (κ3) is 2.27. The minimum absolute atomic E-state index is 0.0338. The maximum absolute atomic E-state index is 12.1. The number of hydrogen-bond donors (Lipinski definition) is 3. The van der Waals surface area contributed by atoms with Crippen molar-refractivity contribution >= 4 is 29.3 Å². The van der Waals surface area contributed by atoms with Crippen LogP contribution in [0.1, 0.15) is 17.2 Å². The average Bonchev–Trinajstić information content (AvgIpc) is 2.82. The third-order valence-electron chi connectivity index (χ3n) is 3.05. The largest absolute Gasteiger partial charge is 0.480 e. The number of nitrogens with zero attached hydrogens (tertiary/aromatic N) is 4. The van der Waals surface area contributed by atoms with Gasteiger partial charge >= 0.3 is 5.97 Å². The fourth-order valence-electron chi connectivity index (χ4n) is 2.05. The van der Waals surface area contributed by atoms with Crippen LogP contribution in [-0.4, -0.2) is 35.9 Å². The van der Waals surface area contributed by atoms with Gasteiger partial charge in [0.2, 0.25) is 5.95 Å². The van der Waals surface area contributed by atoms with Gasteiger partial charge in [-0.05, 0) is 17.7 Å². The molecule has 9 nitrogen and oxygen atoms in total. The van der Waals surface area contributed by atoms with E-state index < -0.39 is 17.4 Å². The molecule has 0 bridgehead atoms. The highest BCUT2D eigenvalue weighted by Gasteiger charge is 2.28. The molecular formula is C12H9ClN6O3. The molecule has 1 atom stereocenters. The standard InChI is InChI=1S/C12H9ClN6O3/c13-6-3-1-5(2-4-6)7(10(21)22)8-9(20)15-12-17-16-11(14)19(12)18-8/h1-4,7H,(H2,14,16)(H,21,22)(H,15,17,20). The van der Waals surface area contributed by atoms with E-state index in [0.29, 0.717) is 10.6 Å². The number of carbonyl (C=O) groups is 1. The number of carboxylic acids is 1. The van der Waals surface area contributed by atoms with Crippen molar-refractivity contribution in [3.63, 3.8) is 0 Å². The highest BCUT2D eigenvalue weighted by molar-refractivity contribution is 6.30. The SMILES string of the molecule is Nc1nnc2[nH]c(=O)c(C(C(=O)O)c3ccc(Cl)cc3)nn12. The maximum atomic E-state index is 12.1. The topological polar surface area (TPSA) is 139 Å². The zero-order valence-electron chi connectivity index (χ0n) is 10.9. The van der Waals surface area contributed by atoms with Gasteiger partial charge in [-0.15, -0.1) is 10.2 Å². The lowest BCUT2D eigenvalue weighted by molar-refractivity contribution is -0.137. The Morgan fingerprint density at radius 3 is 2.64 bits per heavy atom. The average molecular weight is 321 g/mol. The number of hydrogen-bond acceptors (Lipinski definition) is 6. The number of benzene rings is 1. The van der Waals surface area contributed by atoms with E-state index in [2.05, 4.69) is 20.3 Å². The first kappa shape index (κ1) is 14.0. The quantitative estimate of drug-likeness (QED) is 0.629. The van der Waals surface area contributed by atoms with Crippen LogP contribution in [0, 0.1) is 0 Å². The number of aromatic amines is 1. The second-order valence-electron chi connectivity index (χ2n) is 4.46. The van der Waals surface area contributed by atoms with Crippen molar-refractivity contribution in [2.45, 2.75) is 5.92 Å². The van der Waals surface area contributed by atoms with Crippen LogP contribution in [0.15, 0.2) is 29.1 Å². The summed E-state index contributed by atoms with van der Waals surface area (Å²) in [6, 6.07) is 6.10. The molecule has 1 aromatic carbocycles. The fraction of sp³-hybridized carbons (Fsp3) is 0.0833. The van der Waals surface area contributed by atoms with Crippen LogP contribution in [0.25, 0.3) is 5.78 Å². The summed E-state index contributed by atoms with van der Waals surface area (Å²) in [5, 5.41) is 21.1. The first-order valence-corrected chi connectivity index (χ1v) is 6.44. The van der Waals surface area contributed by atoms with Gasteiger partial charge in [-0.2, -0.15) is 9.61 Å². The molecule has 10 heteroatoms. The van der Waals surface area contributed by atoms with Gasteiger partial charge in [-0.25, -0.2) is 0 Å². The van der Waals surface area contributed by atoms with Gasteiger partial charge in [0, 0.05) is 5.02 Å². The molecule has 0 radical (unpaired) electrons. The molecule has 0 spiro atoms. The van der Waals surface area contributed by atoms with E-state index in [1.165, 1.54) is 24.3 Å². The maximum Gasteiger partial charge on any atom is 0.317 e. The Morgan fingerprint density at radius 1 is 1.32 bits per heavy atom. The molecule has 0 aliphatic heterocycles. The molecule has 112 valence electrons. The van der Waals surface area contributed by atoms with Crippen molar-refractivity contribution in [2.75, 3.05) is 5.73 Å². The summed E-state index contributed by atoms with van der Waals surface area (Å²) in [5.74, 6) is -2.53. The highest BCUT2D eigenvalue weighted by atomic mass is 35.5. The van der Waals surface area contributed by atoms with Crippen LogP contribution < -0.4 is 11.3 Å². The smallest absolute Gasteiger partial charge is 0.317 e. The van der Waals surface area contributed by atoms with Gasteiger partial charge in [0.25, 0.3) is 11.3 Å². The summed E-state index contributed by atoms with van der Waals surface area (Å²) in [5.41, 5.74) is 5.03. The Morgan fingerprint density at radius 2 is 2.00 bits per heavy atom. The zero-order valence-corrected chi connectivity index (χ0v) is 11.7. The van der Waals surface area contributed by atoms with Crippen LogP contribution in [0.2, 0.25) is 5.02 Å². The molecule has 2 aromatic heterocycles. The van der Waals surface area contributed by atoms with Crippen molar-refractivity contribution in [3.8, 4) is 0 Å². The summed E-state index contributed by atoms with van der Waals surface area (Å²) in [4.78, 5) is 26.1. The van der Waals surface area contributed by atoms with E-state index in [1.54, 1.807) is 0 Å². The molecule has 2 heterocycles. The number of H-pyrrole nitrogens is 1. The lowest BCUT2D eigenvalue weighted by atomic mass is 9.96. The van der Waals surface area contributed by atoms with Crippen molar-refractivity contribution in [1.82, 2.24) is 24.8 Å². The summed E-state index contributed by atoms with van der Waals surface area (Å²) in [6.07, 6.45) is 0. The monoisotopic (exact) mass is 320 g/mol.